The second-order valence-corrected chi connectivity index (χ2v) is 3.70. The van der Waals surface area contributed by atoms with Crippen LogP contribution in [0.15, 0.2) is 24.3 Å². The normalized spacial score (nSPS) is 11.3. The van der Waals surface area contributed by atoms with E-state index in [0.717, 1.165) is 12.1 Å². The van der Waals surface area contributed by atoms with E-state index in [1.165, 1.54) is 19.1 Å². The third kappa shape index (κ3) is 4.01. The summed E-state index contributed by atoms with van der Waals surface area (Å²) in [6.45, 7) is 1.33. The first kappa shape index (κ1) is 13.4. The maximum absolute atomic E-state index is 12.4. The maximum atomic E-state index is 12.4. The van der Waals surface area contributed by atoms with Gasteiger partial charge in [-0.2, -0.15) is 13.2 Å². The second kappa shape index (κ2) is 5.12. The minimum absolute atomic E-state index is 0.0129. The van der Waals surface area contributed by atoms with Crippen molar-refractivity contribution in [1.82, 2.24) is 0 Å². The lowest BCUT2D eigenvalue weighted by Gasteiger charge is -2.07. The van der Waals surface area contributed by atoms with Gasteiger partial charge < -0.3 is 4.79 Å². The van der Waals surface area contributed by atoms with Gasteiger partial charge in [-0.05, 0) is 19.1 Å². The molecule has 1 rings (SSSR count). The Balaban J connectivity index is 2.85. The summed E-state index contributed by atoms with van der Waals surface area (Å²) < 4.78 is 37.1. The van der Waals surface area contributed by atoms with Gasteiger partial charge in [0.05, 0.1) is 5.56 Å². The Morgan fingerprint density at radius 2 is 1.82 bits per heavy atom. The first-order chi connectivity index (χ1) is 7.80. The van der Waals surface area contributed by atoms with E-state index in [2.05, 4.69) is 0 Å². The van der Waals surface area contributed by atoms with Gasteiger partial charge in [0.15, 0.2) is 5.78 Å². The Morgan fingerprint density at radius 3 is 2.35 bits per heavy atom. The SMILES string of the molecule is CC(=O)CCC(=O)c1cccc(C(F)(F)F)c1. The maximum Gasteiger partial charge on any atom is 0.416 e. The fraction of sp³-hybridized carbons (Fsp3) is 0.333. The number of hydrogen-bond donors (Lipinski definition) is 0. The van der Waals surface area contributed by atoms with E-state index in [1.807, 2.05) is 0 Å². The Labute approximate surface area is 96.4 Å². The first-order valence-corrected chi connectivity index (χ1v) is 5.00. The molecule has 0 heterocycles. The number of carbonyl (C=O) groups excluding carboxylic acids is 2. The predicted molar refractivity (Wildman–Crippen MR) is 55.7 cm³/mol. The zero-order chi connectivity index (χ0) is 13.1. The fourth-order valence-corrected chi connectivity index (χ4v) is 1.30. The molecule has 0 aliphatic rings. The van der Waals surface area contributed by atoms with Crippen molar-refractivity contribution in [3.05, 3.63) is 35.4 Å². The van der Waals surface area contributed by atoms with Crippen LogP contribution in [-0.2, 0) is 11.0 Å². The highest BCUT2D eigenvalue weighted by Gasteiger charge is 2.30. The van der Waals surface area contributed by atoms with E-state index in [-0.39, 0.29) is 24.2 Å². The molecule has 0 saturated heterocycles. The fourth-order valence-electron chi connectivity index (χ4n) is 1.30. The summed E-state index contributed by atoms with van der Waals surface area (Å²) in [7, 11) is 0. The standard InChI is InChI=1S/C12H11F3O2/c1-8(16)5-6-11(17)9-3-2-4-10(7-9)12(13,14)15/h2-4,7H,5-6H2,1H3. The molecule has 5 heteroatoms. The average molecular weight is 244 g/mol. The van der Waals surface area contributed by atoms with Crippen molar-refractivity contribution in [2.75, 3.05) is 0 Å². The molecule has 0 atom stereocenters. The Kier molecular flexibility index (Phi) is 4.04. The monoisotopic (exact) mass is 244 g/mol. The Hall–Kier alpha value is -1.65. The van der Waals surface area contributed by atoms with E-state index in [9.17, 15) is 22.8 Å². The van der Waals surface area contributed by atoms with Crippen LogP contribution in [0.25, 0.3) is 0 Å². The van der Waals surface area contributed by atoms with Crippen molar-refractivity contribution >= 4 is 11.6 Å². The molecule has 92 valence electrons. The van der Waals surface area contributed by atoms with Crippen LogP contribution < -0.4 is 0 Å². The molecule has 0 bridgehead atoms. The third-order valence-corrected chi connectivity index (χ3v) is 2.22. The molecular weight excluding hydrogens is 233 g/mol. The summed E-state index contributed by atoms with van der Waals surface area (Å²) in [5.74, 6) is -0.614. The highest BCUT2D eigenvalue weighted by molar-refractivity contribution is 5.98. The number of rotatable bonds is 4. The summed E-state index contributed by atoms with van der Waals surface area (Å²) in [5.41, 5.74) is -0.868. The highest BCUT2D eigenvalue weighted by Crippen LogP contribution is 2.29. The van der Waals surface area contributed by atoms with Crippen molar-refractivity contribution in [2.24, 2.45) is 0 Å². The van der Waals surface area contributed by atoms with Crippen molar-refractivity contribution in [2.45, 2.75) is 25.9 Å². The molecule has 1 aromatic carbocycles. The molecule has 0 fully saturated rings. The van der Waals surface area contributed by atoms with Gasteiger partial charge in [0.2, 0.25) is 0 Å². The van der Waals surface area contributed by atoms with Crippen LogP contribution in [0.4, 0.5) is 13.2 Å². The number of hydrogen-bond acceptors (Lipinski definition) is 2. The number of ketones is 2. The van der Waals surface area contributed by atoms with Gasteiger partial charge in [0.25, 0.3) is 0 Å². The summed E-state index contributed by atoms with van der Waals surface area (Å²) in [6.07, 6.45) is -4.47. The van der Waals surface area contributed by atoms with Gasteiger partial charge in [-0.15, -0.1) is 0 Å². The van der Waals surface area contributed by atoms with Crippen LogP contribution in [0.3, 0.4) is 0 Å². The predicted octanol–water partition coefficient (Wildman–Crippen LogP) is 3.26. The molecule has 0 aromatic heterocycles. The summed E-state index contributed by atoms with van der Waals surface area (Å²) in [4.78, 5) is 22.2. The van der Waals surface area contributed by atoms with Gasteiger partial charge in [0, 0.05) is 18.4 Å². The lowest BCUT2D eigenvalue weighted by Crippen LogP contribution is -2.08. The molecular formula is C12H11F3O2. The van der Waals surface area contributed by atoms with E-state index in [0.29, 0.717) is 0 Å². The van der Waals surface area contributed by atoms with Crippen LogP contribution in [-0.4, -0.2) is 11.6 Å². The Bertz CT molecular complexity index is 436. The van der Waals surface area contributed by atoms with Gasteiger partial charge in [-0.25, -0.2) is 0 Å². The molecule has 2 nitrogen and oxygen atoms in total. The van der Waals surface area contributed by atoms with Crippen LogP contribution in [0.2, 0.25) is 0 Å². The molecule has 0 amide bonds. The molecule has 0 aliphatic carbocycles. The number of carbonyl (C=O) groups is 2. The van der Waals surface area contributed by atoms with Crippen LogP contribution in [0.5, 0.6) is 0 Å². The average Bonchev–Trinajstić information content (AvgIpc) is 2.25. The van der Waals surface area contributed by atoms with Crippen LogP contribution in [0, 0.1) is 0 Å². The van der Waals surface area contributed by atoms with Gasteiger partial charge in [0.1, 0.15) is 5.78 Å². The van der Waals surface area contributed by atoms with Crippen molar-refractivity contribution in [1.29, 1.82) is 0 Å². The van der Waals surface area contributed by atoms with Gasteiger partial charge in [-0.1, -0.05) is 12.1 Å². The molecule has 1 aromatic rings. The zero-order valence-electron chi connectivity index (χ0n) is 9.17. The lowest BCUT2D eigenvalue weighted by molar-refractivity contribution is -0.137. The number of halogens is 3. The topological polar surface area (TPSA) is 34.1 Å². The van der Waals surface area contributed by atoms with E-state index < -0.39 is 17.5 Å². The minimum atomic E-state index is -4.46. The molecule has 0 N–H and O–H groups in total. The van der Waals surface area contributed by atoms with E-state index >= 15 is 0 Å². The van der Waals surface area contributed by atoms with Gasteiger partial charge in [-0.3, -0.25) is 4.79 Å². The number of benzene rings is 1. The van der Waals surface area contributed by atoms with Crippen molar-refractivity contribution in [3.8, 4) is 0 Å². The summed E-state index contributed by atoms with van der Waals surface area (Å²) >= 11 is 0. The molecule has 17 heavy (non-hydrogen) atoms. The smallest absolute Gasteiger partial charge is 0.300 e. The zero-order valence-corrected chi connectivity index (χ0v) is 9.17. The lowest BCUT2D eigenvalue weighted by atomic mass is 10.0. The van der Waals surface area contributed by atoms with Crippen molar-refractivity contribution in [3.63, 3.8) is 0 Å². The number of alkyl halides is 3. The third-order valence-electron chi connectivity index (χ3n) is 2.22. The van der Waals surface area contributed by atoms with Crippen LogP contribution in [0.1, 0.15) is 35.7 Å². The highest BCUT2D eigenvalue weighted by atomic mass is 19.4. The molecule has 0 saturated carbocycles. The summed E-state index contributed by atoms with van der Waals surface area (Å²) in [6, 6.07) is 4.21. The molecule has 0 spiro atoms. The Morgan fingerprint density at radius 1 is 1.18 bits per heavy atom. The van der Waals surface area contributed by atoms with Gasteiger partial charge >= 0.3 is 6.18 Å². The first-order valence-electron chi connectivity index (χ1n) is 5.00. The van der Waals surface area contributed by atoms with E-state index in [4.69, 9.17) is 0 Å². The van der Waals surface area contributed by atoms with Crippen LogP contribution >= 0.6 is 0 Å². The number of Topliss-reactive ketones (excluding diaryl/α,β-unsaturated/α-hetero) is 2. The largest absolute Gasteiger partial charge is 0.416 e. The van der Waals surface area contributed by atoms with Crippen molar-refractivity contribution < 1.29 is 22.8 Å². The van der Waals surface area contributed by atoms with E-state index in [1.54, 1.807) is 0 Å². The minimum Gasteiger partial charge on any atom is -0.300 e. The molecule has 0 unspecified atom stereocenters. The second-order valence-electron chi connectivity index (χ2n) is 3.70. The summed E-state index contributed by atoms with van der Waals surface area (Å²) in [5, 5.41) is 0. The molecule has 0 radical (unpaired) electrons. The quantitative estimate of drug-likeness (QED) is 0.762. The molecule has 0 aliphatic heterocycles.